The van der Waals surface area contributed by atoms with Crippen molar-refractivity contribution in [1.29, 1.82) is 0 Å². The van der Waals surface area contributed by atoms with Gasteiger partial charge in [0.05, 0.1) is 4.90 Å². The number of benzene rings is 3. The summed E-state index contributed by atoms with van der Waals surface area (Å²) in [6.45, 7) is 0.298. The molecule has 1 saturated heterocycles. The van der Waals surface area contributed by atoms with E-state index in [4.69, 9.17) is 0 Å². The first kappa shape index (κ1) is 23.3. The third-order valence-electron chi connectivity index (χ3n) is 6.82. The number of amides is 1. The number of hydrogen-bond donors (Lipinski definition) is 2. The molecule has 1 aliphatic carbocycles. The Balaban J connectivity index is 1.39. The van der Waals surface area contributed by atoms with Gasteiger partial charge in [0.15, 0.2) is 0 Å². The lowest BCUT2D eigenvalue weighted by molar-refractivity contribution is -0.137. The van der Waals surface area contributed by atoms with Gasteiger partial charge in [0.1, 0.15) is 6.04 Å². The van der Waals surface area contributed by atoms with E-state index in [1.165, 1.54) is 16.4 Å². The van der Waals surface area contributed by atoms with Crippen LogP contribution in [0, 0.1) is 0 Å². The molecule has 0 aromatic heterocycles. The first-order chi connectivity index (χ1) is 16.9. The average molecular weight is 491 g/mol. The molecule has 3 aromatic rings. The average Bonchev–Trinajstić information content (AvgIpc) is 3.47. The molecule has 0 radical (unpaired) electrons. The molecule has 0 saturated carbocycles. The topological polar surface area (TPSA) is 104 Å². The van der Waals surface area contributed by atoms with Crippen molar-refractivity contribution in [3.8, 4) is 11.1 Å². The van der Waals surface area contributed by atoms with Crippen LogP contribution in [0.2, 0.25) is 0 Å². The first-order valence-corrected chi connectivity index (χ1v) is 13.1. The van der Waals surface area contributed by atoms with Gasteiger partial charge in [-0.3, -0.25) is 9.59 Å². The number of aliphatic carboxylic acids is 1. The quantitative estimate of drug-likeness (QED) is 0.509. The number of nitrogens with one attached hydrogen (secondary N) is 1. The number of carbonyl (C=O) groups excluding carboxylic acids is 1. The molecule has 1 fully saturated rings. The van der Waals surface area contributed by atoms with Crippen LogP contribution in [0.1, 0.15) is 42.7 Å². The highest BCUT2D eigenvalue weighted by Gasteiger charge is 2.39. The predicted octanol–water partition coefficient (Wildman–Crippen LogP) is 4.46. The summed E-state index contributed by atoms with van der Waals surface area (Å²) in [4.78, 5) is 24.6. The molecule has 2 unspecified atom stereocenters. The number of hydrogen-bond acceptors (Lipinski definition) is 4. The monoisotopic (exact) mass is 490 g/mol. The molecule has 2 aliphatic rings. The number of fused-ring (bicyclic) bond motifs is 3. The maximum absolute atomic E-state index is 13.2. The highest BCUT2D eigenvalue weighted by molar-refractivity contribution is 7.89. The lowest BCUT2D eigenvalue weighted by Gasteiger charge is -2.23. The van der Waals surface area contributed by atoms with Crippen LogP contribution in [0.4, 0.5) is 5.69 Å². The molecule has 180 valence electrons. The number of carboxylic acids is 1. The summed E-state index contributed by atoms with van der Waals surface area (Å²) in [5.74, 6) is -1.28. The molecule has 2 N–H and O–H groups in total. The van der Waals surface area contributed by atoms with E-state index in [0.717, 1.165) is 22.3 Å². The van der Waals surface area contributed by atoms with Gasteiger partial charge in [-0.15, -0.1) is 0 Å². The van der Waals surface area contributed by atoms with Crippen molar-refractivity contribution in [2.75, 3.05) is 11.9 Å². The highest BCUT2D eigenvalue weighted by atomic mass is 32.2. The van der Waals surface area contributed by atoms with Crippen LogP contribution in [-0.4, -0.2) is 42.3 Å². The van der Waals surface area contributed by atoms with E-state index in [-0.39, 0.29) is 23.1 Å². The lowest BCUT2D eigenvalue weighted by atomic mass is 9.92. The number of anilines is 1. The van der Waals surface area contributed by atoms with Gasteiger partial charge in [0.25, 0.3) is 0 Å². The fraction of sp³-hybridized carbons (Fsp3) is 0.259. The lowest BCUT2D eigenvalue weighted by Crippen LogP contribution is -2.43. The van der Waals surface area contributed by atoms with Crippen LogP contribution >= 0.6 is 0 Å². The van der Waals surface area contributed by atoms with Crippen LogP contribution in [0.3, 0.4) is 0 Å². The summed E-state index contributed by atoms with van der Waals surface area (Å²) < 4.78 is 27.6. The van der Waals surface area contributed by atoms with E-state index >= 15 is 0 Å². The maximum Gasteiger partial charge on any atom is 0.303 e. The van der Waals surface area contributed by atoms with Crippen molar-refractivity contribution in [3.05, 3.63) is 83.9 Å². The second kappa shape index (κ2) is 9.28. The van der Waals surface area contributed by atoms with Crippen LogP contribution in [0.15, 0.2) is 77.7 Å². The van der Waals surface area contributed by atoms with Crippen LogP contribution < -0.4 is 5.32 Å². The zero-order chi connectivity index (χ0) is 24.6. The molecule has 1 heterocycles. The molecule has 8 heteroatoms. The molecule has 5 rings (SSSR count). The Kier molecular flexibility index (Phi) is 6.17. The molecule has 1 amide bonds. The number of carboxylic acid groups (broad SMARTS) is 1. The van der Waals surface area contributed by atoms with E-state index in [0.29, 0.717) is 31.5 Å². The minimum Gasteiger partial charge on any atom is -0.481 e. The molecule has 7 nitrogen and oxygen atoms in total. The van der Waals surface area contributed by atoms with Gasteiger partial charge in [0.2, 0.25) is 15.9 Å². The molecule has 1 aliphatic heterocycles. The van der Waals surface area contributed by atoms with Gasteiger partial charge in [-0.2, -0.15) is 4.31 Å². The molecule has 0 bridgehead atoms. The summed E-state index contributed by atoms with van der Waals surface area (Å²) in [5.41, 5.74) is 4.74. The molecular weight excluding hydrogens is 464 g/mol. The second-order valence-electron chi connectivity index (χ2n) is 8.95. The van der Waals surface area contributed by atoms with Crippen molar-refractivity contribution in [1.82, 2.24) is 4.31 Å². The molecule has 2 atom stereocenters. The molecule has 35 heavy (non-hydrogen) atoms. The van der Waals surface area contributed by atoms with Crippen molar-refractivity contribution >= 4 is 27.6 Å². The van der Waals surface area contributed by atoms with Crippen LogP contribution in [0.5, 0.6) is 0 Å². The standard InChI is InChI=1S/C27H26N2O5S/c30-26(31)15-14-23-21-10-5-4-9-20(21)22-13-12-18(17-24(22)23)28-27(32)25-11-6-16-29(25)35(33,34)19-7-2-1-3-8-19/h1-5,7-10,12-13,17,23,25H,6,11,14-16H2,(H,28,32)(H,30,31). The van der Waals surface area contributed by atoms with Gasteiger partial charge in [0, 0.05) is 24.6 Å². The Morgan fingerprint density at radius 3 is 2.43 bits per heavy atom. The normalized spacial score (nSPS) is 19.2. The van der Waals surface area contributed by atoms with Crippen LogP contribution in [-0.2, 0) is 19.6 Å². The van der Waals surface area contributed by atoms with E-state index in [1.54, 1.807) is 18.2 Å². The highest BCUT2D eigenvalue weighted by Crippen LogP contribution is 2.47. The summed E-state index contributed by atoms with van der Waals surface area (Å²) in [5, 5.41) is 12.1. The number of nitrogens with zero attached hydrogens (tertiary/aromatic N) is 1. The van der Waals surface area contributed by atoms with Crippen molar-refractivity contribution in [2.45, 2.75) is 42.5 Å². The fourth-order valence-electron chi connectivity index (χ4n) is 5.21. The zero-order valence-electron chi connectivity index (χ0n) is 19.1. The SMILES string of the molecule is O=C(O)CCC1c2ccccc2-c2ccc(NC(=O)C3CCCN3S(=O)(=O)c3ccccc3)cc21. The van der Waals surface area contributed by atoms with Gasteiger partial charge in [-0.05, 0) is 65.8 Å². The Labute approximate surface area is 204 Å². The third kappa shape index (κ3) is 4.35. The predicted molar refractivity (Wildman–Crippen MR) is 133 cm³/mol. The van der Waals surface area contributed by atoms with Gasteiger partial charge in [-0.1, -0.05) is 48.5 Å². The Morgan fingerprint density at radius 1 is 0.943 bits per heavy atom. The molecular formula is C27H26N2O5S. The van der Waals surface area contributed by atoms with E-state index < -0.39 is 22.0 Å². The van der Waals surface area contributed by atoms with Gasteiger partial charge < -0.3 is 10.4 Å². The van der Waals surface area contributed by atoms with E-state index in [1.807, 2.05) is 42.5 Å². The van der Waals surface area contributed by atoms with E-state index in [9.17, 15) is 23.1 Å². The Hall–Kier alpha value is -3.49. The number of sulfonamides is 1. The first-order valence-electron chi connectivity index (χ1n) is 11.7. The molecule has 0 spiro atoms. The van der Waals surface area contributed by atoms with Crippen molar-refractivity contribution in [3.63, 3.8) is 0 Å². The minimum absolute atomic E-state index is 0.0450. The number of rotatable bonds is 7. The smallest absolute Gasteiger partial charge is 0.303 e. The Bertz CT molecular complexity index is 1390. The summed E-state index contributed by atoms with van der Waals surface area (Å²) >= 11 is 0. The summed E-state index contributed by atoms with van der Waals surface area (Å²) in [6, 6.07) is 21.0. The fourth-order valence-corrected chi connectivity index (χ4v) is 6.89. The largest absolute Gasteiger partial charge is 0.481 e. The zero-order valence-corrected chi connectivity index (χ0v) is 19.9. The van der Waals surface area contributed by atoms with Crippen molar-refractivity contribution in [2.24, 2.45) is 0 Å². The minimum atomic E-state index is -3.78. The van der Waals surface area contributed by atoms with Gasteiger partial charge >= 0.3 is 5.97 Å². The van der Waals surface area contributed by atoms with E-state index in [2.05, 4.69) is 5.32 Å². The Morgan fingerprint density at radius 2 is 1.66 bits per heavy atom. The maximum atomic E-state index is 13.2. The third-order valence-corrected chi connectivity index (χ3v) is 8.75. The second-order valence-corrected chi connectivity index (χ2v) is 10.8. The summed E-state index contributed by atoms with van der Waals surface area (Å²) in [6.07, 6.45) is 1.57. The molecule has 3 aromatic carbocycles. The number of carbonyl (C=O) groups is 2. The van der Waals surface area contributed by atoms with Crippen molar-refractivity contribution < 1.29 is 23.1 Å². The van der Waals surface area contributed by atoms with Crippen LogP contribution in [0.25, 0.3) is 11.1 Å². The summed E-state index contributed by atoms with van der Waals surface area (Å²) in [7, 11) is -3.78. The van der Waals surface area contributed by atoms with Gasteiger partial charge in [-0.25, -0.2) is 8.42 Å².